The Balaban J connectivity index is 1.74. The van der Waals surface area contributed by atoms with Gasteiger partial charge in [0, 0.05) is 34.5 Å². The van der Waals surface area contributed by atoms with E-state index in [9.17, 15) is 4.79 Å². The predicted molar refractivity (Wildman–Crippen MR) is 123 cm³/mol. The van der Waals surface area contributed by atoms with Crippen LogP contribution in [0.3, 0.4) is 0 Å². The smallest absolute Gasteiger partial charge is 0.165 e. The van der Waals surface area contributed by atoms with Gasteiger partial charge in [-0.2, -0.15) is 0 Å². The van der Waals surface area contributed by atoms with E-state index in [-0.39, 0.29) is 11.2 Å². The van der Waals surface area contributed by atoms with Crippen molar-refractivity contribution >= 4 is 34.3 Å². The van der Waals surface area contributed by atoms with Crippen molar-refractivity contribution in [1.82, 2.24) is 14.5 Å². The number of benzene rings is 1. The van der Waals surface area contributed by atoms with E-state index in [0.717, 1.165) is 44.7 Å². The molecule has 5 nitrogen and oxygen atoms in total. The summed E-state index contributed by atoms with van der Waals surface area (Å²) in [6.45, 7) is 6.42. The number of fused-ring (bicyclic) bond motifs is 2. The molecular weight excluding hydrogens is 392 g/mol. The first-order valence-corrected chi connectivity index (χ1v) is 11.7. The molecule has 5 rings (SSSR count). The first kappa shape index (κ1) is 19.6. The van der Waals surface area contributed by atoms with E-state index in [1.807, 2.05) is 17.8 Å². The van der Waals surface area contributed by atoms with Gasteiger partial charge >= 0.3 is 0 Å². The van der Waals surface area contributed by atoms with Crippen LogP contribution in [0, 0.1) is 12.3 Å². The van der Waals surface area contributed by atoms with Gasteiger partial charge in [0.25, 0.3) is 0 Å². The number of ketones is 1. The lowest BCUT2D eigenvalue weighted by Gasteiger charge is -2.30. The molecule has 0 radical (unpaired) electrons. The number of aryl methyl sites for hydroxylation is 1. The third-order valence-corrected chi connectivity index (χ3v) is 7.92. The van der Waals surface area contributed by atoms with Crippen LogP contribution in [-0.4, -0.2) is 25.6 Å². The molecule has 0 aliphatic heterocycles. The first-order valence-electron chi connectivity index (χ1n) is 10.8. The zero-order valence-corrected chi connectivity index (χ0v) is 18.7. The predicted octanol–water partition coefficient (Wildman–Crippen LogP) is 5.50. The molecule has 2 heterocycles. The maximum atomic E-state index is 12.9. The first-order chi connectivity index (χ1) is 14.3. The van der Waals surface area contributed by atoms with Gasteiger partial charge in [-0.05, 0) is 49.3 Å². The van der Waals surface area contributed by atoms with Crippen molar-refractivity contribution in [1.29, 1.82) is 0 Å². The quantitative estimate of drug-likeness (QED) is 0.605. The molecule has 1 aromatic carbocycles. The summed E-state index contributed by atoms with van der Waals surface area (Å²) in [5.41, 5.74) is 11.3. The molecule has 6 heteroatoms. The Labute approximate surface area is 181 Å². The van der Waals surface area contributed by atoms with Gasteiger partial charge in [0.2, 0.25) is 0 Å². The summed E-state index contributed by atoms with van der Waals surface area (Å²) >= 11 is 1.92. The summed E-state index contributed by atoms with van der Waals surface area (Å²) in [4.78, 5) is 22.9. The lowest BCUT2D eigenvalue weighted by atomic mass is 9.75. The fourth-order valence-electron chi connectivity index (χ4n) is 5.08. The second-order valence-electron chi connectivity index (χ2n) is 9.54. The number of thioether (sulfide) groups is 1. The summed E-state index contributed by atoms with van der Waals surface area (Å²) in [6, 6.07) is 4.15. The van der Waals surface area contributed by atoms with Crippen LogP contribution < -0.4 is 5.73 Å². The summed E-state index contributed by atoms with van der Waals surface area (Å²) in [6.07, 6.45) is 10.2. The van der Waals surface area contributed by atoms with Crippen LogP contribution in [0.4, 0.5) is 5.82 Å². The second kappa shape index (κ2) is 7.12. The Morgan fingerprint density at radius 1 is 1.17 bits per heavy atom. The van der Waals surface area contributed by atoms with E-state index < -0.39 is 0 Å². The van der Waals surface area contributed by atoms with Gasteiger partial charge in [0.15, 0.2) is 5.78 Å². The van der Waals surface area contributed by atoms with Gasteiger partial charge in [-0.1, -0.05) is 26.7 Å². The Morgan fingerprint density at radius 2 is 1.93 bits per heavy atom. The number of anilines is 1. The van der Waals surface area contributed by atoms with Crippen LogP contribution in [0.2, 0.25) is 0 Å². The molecular formula is C24H28N4OS. The van der Waals surface area contributed by atoms with E-state index in [4.69, 9.17) is 5.73 Å². The minimum Gasteiger partial charge on any atom is -0.383 e. The molecule has 0 spiro atoms. The van der Waals surface area contributed by atoms with Gasteiger partial charge in [0.05, 0.1) is 16.1 Å². The number of hydrogen-bond acceptors (Lipinski definition) is 5. The van der Waals surface area contributed by atoms with Crippen molar-refractivity contribution in [3.05, 3.63) is 41.5 Å². The van der Waals surface area contributed by atoms with Crippen LogP contribution in [0.15, 0.2) is 29.6 Å². The second-order valence-corrected chi connectivity index (χ2v) is 10.8. The topological polar surface area (TPSA) is 73.8 Å². The molecule has 1 saturated carbocycles. The number of carbonyl (C=O) groups excluding carboxylic acids is 1. The number of nitrogens with two attached hydrogens (primary N) is 1. The highest BCUT2D eigenvalue weighted by Gasteiger charge is 2.35. The van der Waals surface area contributed by atoms with Crippen LogP contribution in [0.25, 0.3) is 16.6 Å². The van der Waals surface area contributed by atoms with Gasteiger partial charge < -0.3 is 10.3 Å². The molecule has 2 aromatic heterocycles. The Kier molecular flexibility index (Phi) is 4.65. The molecule has 0 atom stereocenters. The van der Waals surface area contributed by atoms with Crippen molar-refractivity contribution < 1.29 is 4.79 Å². The fraction of sp³-hybridized carbons (Fsp3) is 0.458. The van der Waals surface area contributed by atoms with E-state index >= 15 is 0 Å². The lowest BCUT2D eigenvalue weighted by molar-refractivity contribution is 0.0910. The van der Waals surface area contributed by atoms with Crippen molar-refractivity contribution in [3.63, 3.8) is 0 Å². The molecule has 2 N–H and O–H groups in total. The molecule has 0 amide bonds. The molecule has 2 aliphatic rings. The third kappa shape index (κ3) is 3.22. The standard InChI is InChI=1S/C24H28N4OS/c1-14-12-28(18-10-24(2,3)11-19(29)20(14)18)17-9-8-16-21(26-13-27-23(16)25)22(17)30-15-6-4-5-7-15/h8-9,12-13,15H,4-7,10-11H2,1-3H3,(H2,25,26,27). The normalized spacial score (nSPS) is 18.8. The summed E-state index contributed by atoms with van der Waals surface area (Å²) in [5, 5.41) is 1.49. The molecule has 30 heavy (non-hydrogen) atoms. The van der Waals surface area contributed by atoms with Gasteiger partial charge in [-0.25, -0.2) is 9.97 Å². The van der Waals surface area contributed by atoms with Crippen LogP contribution in [-0.2, 0) is 6.42 Å². The zero-order chi connectivity index (χ0) is 21.0. The number of aromatic nitrogens is 3. The highest BCUT2D eigenvalue weighted by Crippen LogP contribution is 2.44. The summed E-state index contributed by atoms with van der Waals surface area (Å²) in [5.74, 6) is 0.775. The molecule has 156 valence electrons. The molecule has 3 aromatic rings. The van der Waals surface area contributed by atoms with Crippen molar-refractivity contribution in [3.8, 4) is 5.69 Å². The van der Waals surface area contributed by atoms with E-state index in [0.29, 0.717) is 17.5 Å². The SMILES string of the molecule is Cc1cn(-c2ccc3c(N)ncnc3c2SC2CCCC2)c2c1C(=O)CC(C)(C)C2. The van der Waals surface area contributed by atoms with Gasteiger partial charge in [-0.15, -0.1) is 11.8 Å². The van der Waals surface area contributed by atoms with E-state index in [1.54, 1.807) is 6.33 Å². The number of nitrogen functional groups attached to an aromatic ring is 1. The number of Topliss-reactive ketones (excluding diaryl/α,β-unsaturated/α-hetero) is 1. The van der Waals surface area contributed by atoms with Gasteiger partial charge in [0.1, 0.15) is 12.1 Å². The van der Waals surface area contributed by atoms with E-state index in [2.05, 4.69) is 47.6 Å². The minimum absolute atomic E-state index is 0.0329. The molecule has 0 unspecified atom stereocenters. The number of carbonyl (C=O) groups is 1. The highest BCUT2D eigenvalue weighted by molar-refractivity contribution is 8.00. The van der Waals surface area contributed by atoms with Crippen molar-refractivity contribution in [2.45, 2.75) is 69.4 Å². The molecule has 0 saturated heterocycles. The summed E-state index contributed by atoms with van der Waals surface area (Å²) < 4.78 is 2.25. The minimum atomic E-state index is -0.0329. The van der Waals surface area contributed by atoms with Crippen LogP contribution >= 0.6 is 11.8 Å². The summed E-state index contributed by atoms with van der Waals surface area (Å²) in [7, 11) is 0. The fourth-order valence-corrected chi connectivity index (χ4v) is 6.55. The Morgan fingerprint density at radius 3 is 2.70 bits per heavy atom. The maximum Gasteiger partial charge on any atom is 0.165 e. The van der Waals surface area contributed by atoms with Crippen molar-refractivity contribution in [2.75, 3.05) is 5.73 Å². The average molecular weight is 421 g/mol. The largest absolute Gasteiger partial charge is 0.383 e. The van der Waals surface area contributed by atoms with Crippen LogP contribution in [0.1, 0.15) is 67.6 Å². The number of rotatable bonds is 3. The Bertz CT molecular complexity index is 1160. The third-order valence-electron chi connectivity index (χ3n) is 6.48. The molecule has 0 bridgehead atoms. The molecule has 1 fully saturated rings. The highest BCUT2D eigenvalue weighted by atomic mass is 32.2. The molecule has 2 aliphatic carbocycles. The number of hydrogen-bond donors (Lipinski definition) is 1. The zero-order valence-electron chi connectivity index (χ0n) is 17.9. The van der Waals surface area contributed by atoms with Gasteiger partial charge in [-0.3, -0.25) is 4.79 Å². The Hall–Kier alpha value is -2.34. The maximum absolute atomic E-state index is 12.9. The van der Waals surface area contributed by atoms with E-state index in [1.165, 1.54) is 25.7 Å². The lowest BCUT2D eigenvalue weighted by Crippen LogP contribution is -2.28. The van der Waals surface area contributed by atoms with Crippen molar-refractivity contribution in [2.24, 2.45) is 5.41 Å². The average Bonchev–Trinajstić information content (AvgIpc) is 3.29. The monoisotopic (exact) mass is 420 g/mol. The van der Waals surface area contributed by atoms with Crippen LogP contribution in [0.5, 0.6) is 0 Å². The number of nitrogens with zero attached hydrogens (tertiary/aromatic N) is 3.